The van der Waals surface area contributed by atoms with Gasteiger partial charge in [-0.2, -0.15) is 0 Å². The number of halogens is 2. The van der Waals surface area contributed by atoms with Crippen LogP contribution in [0.2, 0.25) is 10.3 Å². The van der Waals surface area contributed by atoms with Gasteiger partial charge < -0.3 is 10.1 Å². The van der Waals surface area contributed by atoms with Gasteiger partial charge in [0, 0.05) is 6.54 Å². The Hall–Kier alpha value is -1.45. The lowest BCUT2D eigenvalue weighted by molar-refractivity contribution is 0.414. The third-order valence-corrected chi connectivity index (χ3v) is 3.21. The maximum atomic E-state index is 6.08. The molecule has 0 aliphatic rings. The van der Waals surface area contributed by atoms with E-state index >= 15 is 0 Å². The van der Waals surface area contributed by atoms with Crippen LogP contribution in [-0.2, 0) is 6.54 Å². The highest BCUT2D eigenvalue weighted by Crippen LogP contribution is 2.27. The highest BCUT2D eigenvalue weighted by molar-refractivity contribution is 6.34. The van der Waals surface area contributed by atoms with Crippen molar-refractivity contribution < 1.29 is 4.74 Å². The fraction of sp³-hybridized carbons (Fsp3) is 0.214. The van der Waals surface area contributed by atoms with Crippen molar-refractivity contribution >= 4 is 28.9 Å². The molecule has 1 heterocycles. The van der Waals surface area contributed by atoms with E-state index in [1.165, 1.54) is 0 Å². The minimum absolute atomic E-state index is 0.382. The van der Waals surface area contributed by atoms with Gasteiger partial charge in [0.2, 0.25) is 0 Å². The molecule has 0 unspecified atom stereocenters. The molecular weight excluding hydrogens is 283 g/mol. The summed E-state index contributed by atoms with van der Waals surface area (Å²) in [5.74, 6) is 0.830. The van der Waals surface area contributed by atoms with Gasteiger partial charge >= 0.3 is 0 Å². The predicted octanol–water partition coefficient (Wildman–Crippen LogP) is 4.32. The first-order valence-corrected chi connectivity index (χ1v) is 6.55. The Balaban J connectivity index is 2.14. The summed E-state index contributed by atoms with van der Waals surface area (Å²) < 4.78 is 5.19. The first kappa shape index (κ1) is 14.0. The van der Waals surface area contributed by atoms with Crippen molar-refractivity contribution in [1.29, 1.82) is 0 Å². The summed E-state index contributed by atoms with van der Waals surface area (Å²) in [5.41, 5.74) is 2.87. The van der Waals surface area contributed by atoms with Crippen LogP contribution in [0.25, 0.3) is 0 Å². The second-order valence-electron chi connectivity index (χ2n) is 4.13. The second-order valence-corrected chi connectivity index (χ2v) is 4.88. The van der Waals surface area contributed by atoms with Gasteiger partial charge in [-0.15, -0.1) is 0 Å². The molecule has 1 aromatic heterocycles. The molecule has 0 saturated heterocycles. The molecule has 3 nitrogen and oxygen atoms in total. The molecule has 0 amide bonds. The van der Waals surface area contributed by atoms with E-state index in [0.29, 0.717) is 16.9 Å². The van der Waals surface area contributed by atoms with E-state index in [4.69, 9.17) is 27.9 Å². The molecule has 100 valence electrons. The summed E-state index contributed by atoms with van der Waals surface area (Å²) >= 11 is 11.9. The van der Waals surface area contributed by atoms with Crippen LogP contribution in [0, 0.1) is 6.92 Å². The average molecular weight is 297 g/mol. The summed E-state index contributed by atoms with van der Waals surface area (Å²) in [6, 6.07) is 9.62. The van der Waals surface area contributed by atoms with E-state index in [2.05, 4.69) is 10.3 Å². The Morgan fingerprint density at radius 3 is 2.74 bits per heavy atom. The van der Waals surface area contributed by atoms with Crippen molar-refractivity contribution in [2.45, 2.75) is 13.5 Å². The standard InChI is InChI=1S/C14H14Cl2N2O/c1-9-6-12(15)18-14(16)13(9)17-8-10-4-3-5-11(7-10)19-2/h3-7,17H,8H2,1-2H3. The zero-order valence-electron chi connectivity index (χ0n) is 10.7. The van der Waals surface area contributed by atoms with E-state index in [-0.39, 0.29) is 0 Å². The first-order valence-electron chi connectivity index (χ1n) is 5.79. The van der Waals surface area contributed by atoms with Crippen molar-refractivity contribution in [1.82, 2.24) is 4.98 Å². The molecule has 5 heteroatoms. The summed E-state index contributed by atoms with van der Waals surface area (Å²) in [4.78, 5) is 4.02. The van der Waals surface area contributed by atoms with Gasteiger partial charge in [-0.25, -0.2) is 4.98 Å². The number of pyridine rings is 1. The molecule has 0 radical (unpaired) electrons. The number of aromatic nitrogens is 1. The molecule has 1 N–H and O–H groups in total. The minimum atomic E-state index is 0.382. The molecule has 0 fully saturated rings. The Morgan fingerprint density at radius 1 is 1.26 bits per heavy atom. The van der Waals surface area contributed by atoms with Gasteiger partial charge in [-0.05, 0) is 36.2 Å². The zero-order chi connectivity index (χ0) is 13.8. The van der Waals surface area contributed by atoms with Crippen LogP contribution in [0.5, 0.6) is 5.75 Å². The van der Waals surface area contributed by atoms with E-state index in [1.807, 2.05) is 31.2 Å². The van der Waals surface area contributed by atoms with E-state index in [1.54, 1.807) is 13.2 Å². The Bertz CT molecular complexity index is 564. The van der Waals surface area contributed by atoms with Crippen LogP contribution < -0.4 is 10.1 Å². The van der Waals surface area contributed by atoms with E-state index < -0.39 is 0 Å². The molecule has 2 aromatic rings. The SMILES string of the molecule is COc1cccc(CNc2c(C)cc(Cl)nc2Cl)c1. The molecular formula is C14H14Cl2N2O. The van der Waals surface area contributed by atoms with Gasteiger partial charge in [-0.3, -0.25) is 0 Å². The minimum Gasteiger partial charge on any atom is -0.497 e. The van der Waals surface area contributed by atoms with Crippen molar-refractivity contribution in [3.63, 3.8) is 0 Å². The topological polar surface area (TPSA) is 34.1 Å². The fourth-order valence-electron chi connectivity index (χ4n) is 1.78. The highest BCUT2D eigenvalue weighted by atomic mass is 35.5. The van der Waals surface area contributed by atoms with Gasteiger partial charge in [0.15, 0.2) is 5.15 Å². The summed E-state index contributed by atoms with van der Waals surface area (Å²) in [7, 11) is 1.65. The number of anilines is 1. The number of nitrogens with zero attached hydrogens (tertiary/aromatic N) is 1. The van der Waals surface area contributed by atoms with E-state index in [0.717, 1.165) is 22.6 Å². The number of hydrogen-bond acceptors (Lipinski definition) is 3. The highest BCUT2D eigenvalue weighted by Gasteiger charge is 2.07. The molecule has 0 spiro atoms. The summed E-state index contributed by atoms with van der Waals surface area (Å²) in [6.45, 7) is 2.58. The van der Waals surface area contributed by atoms with Crippen LogP contribution in [0.15, 0.2) is 30.3 Å². The van der Waals surface area contributed by atoms with E-state index in [9.17, 15) is 0 Å². The molecule has 19 heavy (non-hydrogen) atoms. The van der Waals surface area contributed by atoms with Gasteiger partial charge in [-0.1, -0.05) is 35.3 Å². The Labute approximate surface area is 122 Å². The first-order chi connectivity index (χ1) is 9.10. The molecule has 2 rings (SSSR count). The predicted molar refractivity (Wildman–Crippen MR) is 79.3 cm³/mol. The van der Waals surface area contributed by atoms with Crippen LogP contribution >= 0.6 is 23.2 Å². The van der Waals surface area contributed by atoms with Crippen molar-refractivity contribution in [2.75, 3.05) is 12.4 Å². The lowest BCUT2D eigenvalue weighted by atomic mass is 10.2. The third-order valence-electron chi connectivity index (χ3n) is 2.74. The monoisotopic (exact) mass is 296 g/mol. The van der Waals surface area contributed by atoms with Gasteiger partial charge in [0.05, 0.1) is 12.8 Å². The summed E-state index contributed by atoms with van der Waals surface area (Å²) in [5, 5.41) is 4.05. The largest absolute Gasteiger partial charge is 0.497 e. The zero-order valence-corrected chi connectivity index (χ0v) is 12.2. The maximum Gasteiger partial charge on any atom is 0.154 e. The number of aryl methyl sites for hydroxylation is 1. The Morgan fingerprint density at radius 2 is 2.05 bits per heavy atom. The fourth-order valence-corrected chi connectivity index (χ4v) is 2.38. The van der Waals surface area contributed by atoms with Crippen LogP contribution in [0.4, 0.5) is 5.69 Å². The lowest BCUT2D eigenvalue weighted by Crippen LogP contribution is -2.03. The van der Waals surface area contributed by atoms with Crippen molar-refractivity contribution in [3.8, 4) is 5.75 Å². The van der Waals surface area contributed by atoms with Crippen molar-refractivity contribution in [3.05, 3.63) is 51.8 Å². The molecule has 0 saturated carbocycles. The maximum absolute atomic E-state index is 6.08. The van der Waals surface area contributed by atoms with Crippen LogP contribution in [0.3, 0.4) is 0 Å². The number of nitrogens with one attached hydrogen (secondary N) is 1. The normalized spacial score (nSPS) is 10.3. The van der Waals surface area contributed by atoms with Gasteiger partial charge in [0.1, 0.15) is 10.9 Å². The number of ether oxygens (including phenoxy) is 1. The van der Waals surface area contributed by atoms with Crippen LogP contribution in [-0.4, -0.2) is 12.1 Å². The van der Waals surface area contributed by atoms with Gasteiger partial charge in [0.25, 0.3) is 0 Å². The molecule has 0 aliphatic carbocycles. The molecule has 1 aromatic carbocycles. The smallest absolute Gasteiger partial charge is 0.154 e. The second kappa shape index (κ2) is 6.13. The quantitative estimate of drug-likeness (QED) is 0.853. The Kier molecular flexibility index (Phi) is 4.51. The number of hydrogen-bond donors (Lipinski definition) is 1. The molecule has 0 bridgehead atoms. The summed E-state index contributed by atoms with van der Waals surface area (Å²) in [6.07, 6.45) is 0. The van der Waals surface area contributed by atoms with Crippen LogP contribution in [0.1, 0.15) is 11.1 Å². The number of methoxy groups -OCH3 is 1. The number of rotatable bonds is 4. The third kappa shape index (κ3) is 3.52. The van der Waals surface area contributed by atoms with Crippen molar-refractivity contribution in [2.24, 2.45) is 0 Å². The number of benzene rings is 1. The molecule has 0 atom stereocenters. The molecule has 0 aliphatic heterocycles. The lowest BCUT2D eigenvalue weighted by Gasteiger charge is -2.12. The average Bonchev–Trinajstić information content (AvgIpc) is 2.37.